The molecule has 218 valence electrons. The fourth-order valence-electron chi connectivity index (χ4n) is 6.52. The number of hydrogen-bond acceptors (Lipinski definition) is 2. The molecule has 0 radical (unpaired) electrons. The molecule has 1 aromatic heterocycles. The highest BCUT2D eigenvalue weighted by Crippen LogP contribution is 2.43. The molecule has 0 N–H and O–H groups in total. The lowest BCUT2D eigenvalue weighted by molar-refractivity contribution is 0.592. The van der Waals surface area contributed by atoms with Crippen LogP contribution in [0.1, 0.15) is 0 Å². The van der Waals surface area contributed by atoms with Gasteiger partial charge in [0, 0.05) is 26.9 Å². The third-order valence-electron chi connectivity index (χ3n) is 8.77. The predicted octanol–water partition coefficient (Wildman–Crippen LogP) is 10.0. The molecule has 2 nitrogen and oxygen atoms in total. The van der Waals surface area contributed by atoms with Crippen LogP contribution in [0.5, 0.6) is 0 Å². The first-order chi connectivity index (χ1) is 22.7. The van der Waals surface area contributed by atoms with Crippen molar-refractivity contribution in [3.63, 3.8) is 0 Å². The van der Waals surface area contributed by atoms with Crippen molar-refractivity contribution in [1.82, 2.24) is 4.98 Å². The quantitative estimate of drug-likeness (QED) is 0.139. The summed E-state index contributed by atoms with van der Waals surface area (Å²) in [5.74, 6) is 0. The summed E-state index contributed by atoms with van der Waals surface area (Å²) in [5, 5.41) is 5.94. The van der Waals surface area contributed by atoms with Gasteiger partial charge in [0.2, 0.25) is 0 Å². The average Bonchev–Trinajstić information content (AvgIpc) is 3.15. The van der Waals surface area contributed by atoms with Gasteiger partial charge in [0.25, 0.3) is 0 Å². The SMILES string of the molecule is O=P(c1ccccc1)(c1ccccc1)c1ccc(-c2cccc3c2ccc2nc(-c4ccccc4)cc(-c4ccccc4)c23)cc1. The maximum Gasteiger partial charge on any atom is 0.171 e. The molecule has 0 aliphatic heterocycles. The number of fused-ring (bicyclic) bond motifs is 3. The minimum absolute atomic E-state index is 0.823. The number of nitrogens with zero attached hydrogens (tertiary/aromatic N) is 1. The van der Waals surface area contributed by atoms with Crippen molar-refractivity contribution in [2.24, 2.45) is 0 Å². The summed E-state index contributed by atoms with van der Waals surface area (Å²) in [7, 11) is -3.05. The van der Waals surface area contributed by atoms with E-state index in [2.05, 4.69) is 103 Å². The second-order valence-electron chi connectivity index (χ2n) is 11.5. The van der Waals surface area contributed by atoms with Crippen molar-refractivity contribution in [3.8, 4) is 33.5 Å². The molecule has 0 spiro atoms. The Morgan fingerprint density at radius 1 is 0.391 bits per heavy atom. The Bertz CT molecular complexity index is 2310. The van der Waals surface area contributed by atoms with Crippen LogP contribution < -0.4 is 15.9 Å². The lowest BCUT2D eigenvalue weighted by Gasteiger charge is -2.20. The molecule has 46 heavy (non-hydrogen) atoms. The van der Waals surface area contributed by atoms with Crippen molar-refractivity contribution in [3.05, 3.63) is 182 Å². The van der Waals surface area contributed by atoms with Gasteiger partial charge >= 0.3 is 0 Å². The van der Waals surface area contributed by atoms with Gasteiger partial charge in [-0.2, -0.15) is 0 Å². The van der Waals surface area contributed by atoms with Gasteiger partial charge in [-0.15, -0.1) is 0 Å². The first-order valence-corrected chi connectivity index (χ1v) is 17.2. The van der Waals surface area contributed by atoms with E-state index in [9.17, 15) is 4.57 Å². The molecule has 1 heterocycles. The summed E-state index contributed by atoms with van der Waals surface area (Å²) in [4.78, 5) is 5.15. The van der Waals surface area contributed by atoms with Gasteiger partial charge in [-0.25, -0.2) is 4.98 Å². The van der Waals surface area contributed by atoms with Crippen molar-refractivity contribution in [1.29, 1.82) is 0 Å². The molecule has 0 amide bonds. The Labute approximate surface area is 269 Å². The summed E-state index contributed by atoms with van der Waals surface area (Å²) < 4.78 is 14.9. The van der Waals surface area contributed by atoms with Gasteiger partial charge in [-0.3, -0.25) is 0 Å². The fraction of sp³-hybridized carbons (Fsp3) is 0. The van der Waals surface area contributed by atoms with Crippen molar-refractivity contribution in [2.45, 2.75) is 0 Å². The zero-order valence-corrected chi connectivity index (χ0v) is 26.0. The molecule has 0 aliphatic carbocycles. The average molecular weight is 608 g/mol. The Morgan fingerprint density at radius 3 is 1.52 bits per heavy atom. The predicted molar refractivity (Wildman–Crippen MR) is 195 cm³/mol. The van der Waals surface area contributed by atoms with Crippen LogP contribution in [0.25, 0.3) is 55.2 Å². The van der Waals surface area contributed by atoms with E-state index in [-0.39, 0.29) is 0 Å². The summed E-state index contributed by atoms with van der Waals surface area (Å²) in [6.07, 6.45) is 0. The summed E-state index contributed by atoms with van der Waals surface area (Å²) in [6.45, 7) is 0. The Hall–Kier alpha value is -5.56. The minimum Gasteiger partial charge on any atom is -0.309 e. The van der Waals surface area contributed by atoms with E-state index >= 15 is 0 Å². The normalized spacial score (nSPS) is 11.6. The van der Waals surface area contributed by atoms with Crippen LogP contribution in [0.4, 0.5) is 0 Å². The summed E-state index contributed by atoms with van der Waals surface area (Å²) >= 11 is 0. The molecule has 0 aliphatic rings. The molecular weight excluding hydrogens is 577 g/mol. The number of aromatic nitrogens is 1. The maximum atomic E-state index is 14.9. The molecule has 0 saturated carbocycles. The lowest BCUT2D eigenvalue weighted by atomic mass is 9.91. The third-order valence-corrected chi connectivity index (χ3v) is 11.8. The Balaban J connectivity index is 1.29. The molecule has 0 bridgehead atoms. The van der Waals surface area contributed by atoms with Crippen molar-refractivity contribution < 1.29 is 4.57 Å². The Kier molecular flexibility index (Phi) is 7.14. The van der Waals surface area contributed by atoms with Crippen LogP contribution in [0.15, 0.2) is 182 Å². The summed E-state index contributed by atoms with van der Waals surface area (Å²) in [6, 6.07) is 62.0. The lowest BCUT2D eigenvalue weighted by Crippen LogP contribution is -2.24. The third kappa shape index (κ3) is 4.85. The van der Waals surface area contributed by atoms with Crippen molar-refractivity contribution in [2.75, 3.05) is 0 Å². The number of rotatable bonds is 6. The molecular formula is C43H30NOP. The second kappa shape index (κ2) is 11.7. The zero-order chi connectivity index (χ0) is 30.9. The molecule has 0 unspecified atom stereocenters. The first kappa shape index (κ1) is 28.0. The van der Waals surface area contributed by atoms with E-state index in [0.717, 1.165) is 71.1 Å². The van der Waals surface area contributed by atoms with Crippen molar-refractivity contribution >= 4 is 44.7 Å². The van der Waals surface area contributed by atoms with Gasteiger partial charge in [-0.1, -0.05) is 170 Å². The minimum atomic E-state index is -3.05. The standard InChI is InChI=1S/C43H30NOP/c45-46(34-18-9-3-10-19-34,35-20-11-4-12-21-35)36-26-24-32(25-27-36)37-22-13-23-39-38(37)28-29-41-43(39)40(31-14-5-1-6-15-31)30-42(44-41)33-16-7-2-8-17-33/h1-30H. The molecule has 3 heteroatoms. The van der Waals surface area contributed by atoms with Crippen LogP contribution >= 0.6 is 7.14 Å². The van der Waals surface area contributed by atoms with Crippen LogP contribution in [0.3, 0.4) is 0 Å². The largest absolute Gasteiger partial charge is 0.309 e. The smallest absolute Gasteiger partial charge is 0.171 e. The van der Waals surface area contributed by atoms with E-state index < -0.39 is 7.14 Å². The van der Waals surface area contributed by atoms with E-state index in [1.165, 1.54) is 0 Å². The topological polar surface area (TPSA) is 30.0 Å². The summed E-state index contributed by atoms with van der Waals surface area (Å²) in [5.41, 5.74) is 7.55. The first-order valence-electron chi connectivity index (χ1n) is 15.5. The fourth-order valence-corrected chi connectivity index (χ4v) is 9.17. The van der Waals surface area contributed by atoms with E-state index in [4.69, 9.17) is 4.98 Å². The van der Waals surface area contributed by atoms with Gasteiger partial charge < -0.3 is 4.57 Å². The van der Waals surface area contributed by atoms with Crippen LogP contribution in [-0.4, -0.2) is 4.98 Å². The number of benzene rings is 7. The van der Waals surface area contributed by atoms with Gasteiger partial charge in [0.1, 0.15) is 0 Å². The highest BCUT2D eigenvalue weighted by molar-refractivity contribution is 7.85. The van der Waals surface area contributed by atoms with Gasteiger partial charge in [0.15, 0.2) is 7.14 Å². The monoisotopic (exact) mass is 607 g/mol. The van der Waals surface area contributed by atoms with Crippen LogP contribution in [-0.2, 0) is 4.57 Å². The molecule has 8 rings (SSSR count). The highest BCUT2D eigenvalue weighted by atomic mass is 31.2. The van der Waals surface area contributed by atoms with E-state index in [0.29, 0.717) is 0 Å². The zero-order valence-electron chi connectivity index (χ0n) is 25.1. The Morgan fingerprint density at radius 2 is 0.913 bits per heavy atom. The highest BCUT2D eigenvalue weighted by Gasteiger charge is 2.29. The van der Waals surface area contributed by atoms with Crippen LogP contribution in [0, 0.1) is 0 Å². The van der Waals surface area contributed by atoms with Gasteiger partial charge in [-0.05, 0) is 45.2 Å². The van der Waals surface area contributed by atoms with Crippen LogP contribution in [0.2, 0.25) is 0 Å². The van der Waals surface area contributed by atoms with E-state index in [1.54, 1.807) is 0 Å². The molecule has 0 fully saturated rings. The van der Waals surface area contributed by atoms with Gasteiger partial charge in [0.05, 0.1) is 11.2 Å². The molecule has 7 aromatic carbocycles. The van der Waals surface area contributed by atoms with E-state index in [1.807, 2.05) is 78.9 Å². The molecule has 8 aromatic rings. The maximum absolute atomic E-state index is 14.9. The number of pyridine rings is 1. The molecule has 0 atom stereocenters. The number of hydrogen-bond donors (Lipinski definition) is 0. The second-order valence-corrected chi connectivity index (χ2v) is 14.2. The molecule has 0 saturated heterocycles.